The van der Waals surface area contributed by atoms with Crippen LogP contribution in [0.25, 0.3) is 0 Å². The van der Waals surface area contributed by atoms with Crippen molar-refractivity contribution >= 4 is 5.69 Å². The zero-order valence-corrected chi connectivity index (χ0v) is 16.3. The second kappa shape index (κ2) is 10.7. The van der Waals surface area contributed by atoms with Gasteiger partial charge in [-0.1, -0.05) is 32.0 Å². The maximum atomic E-state index is 6.18. The molecule has 4 heteroatoms. The summed E-state index contributed by atoms with van der Waals surface area (Å²) in [6, 6.07) is 16.3. The van der Waals surface area contributed by atoms with E-state index in [9.17, 15) is 0 Å². The van der Waals surface area contributed by atoms with Crippen molar-refractivity contribution in [1.82, 2.24) is 0 Å². The van der Waals surface area contributed by atoms with Gasteiger partial charge in [-0.05, 0) is 55.2 Å². The van der Waals surface area contributed by atoms with Crippen LogP contribution in [0.5, 0.6) is 11.5 Å². The number of ether oxygens (including phenoxy) is 3. The standard InChI is InChI=1S/C22H31NO3/c1-5-17(2)21-8-6-7-9-22(21)26-18(3)16-23-19-10-12-20(13-11-19)25-15-14-24-4/h6-13,17-18,23H,5,14-16H2,1-4H3. The lowest BCUT2D eigenvalue weighted by molar-refractivity contribution is 0.146. The Morgan fingerprint density at radius 1 is 0.962 bits per heavy atom. The van der Waals surface area contributed by atoms with Gasteiger partial charge in [0.15, 0.2) is 0 Å². The van der Waals surface area contributed by atoms with E-state index in [1.54, 1.807) is 7.11 Å². The van der Waals surface area contributed by atoms with Gasteiger partial charge in [0.25, 0.3) is 0 Å². The molecule has 0 amide bonds. The molecule has 0 radical (unpaired) electrons. The summed E-state index contributed by atoms with van der Waals surface area (Å²) in [6.45, 7) is 8.41. The summed E-state index contributed by atoms with van der Waals surface area (Å²) in [5, 5.41) is 3.42. The highest BCUT2D eigenvalue weighted by atomic mass is 16.5. The van der Waals surface area contributed by atoms with Gasteiger partial charge in [-0.2, -0.15) is 0 Å². The minimum atomic E-state index is 0.0674. The minimum absolute atomic E-state index is 0.0674. The zero-order chi connectivity index (χ0) is 18.8. The molecule has 0 aliphatic heterocycles. The van der Waals surface area contributed by atoms with Crippen molar-refractivity contribution in [3.05, 3.63) is 54.1 Å². The molecule has 0 saturated carbocycles. The highest BCUT2D eigenvalue weighted by molar-refractivity contribution is 5.46. The summed E-state index contributed by atoms with van der Waals surface area (Å²) >= 11 is 0. The Morgan fingerprint density at radius 2 is 1.69 bits per heavy atom. The van der Waals surface area contributed by atoms with Crippen molar-refractivity contribution in [3.8, 4) is 11.5 Å². The van der Waals surface area contributed by atoms with E-state index in [-0.39, 0.29) is 6.10 Å². The Morgan fingerprint density at radius 3 is 2.38 bits per heavy atom. The normalized spacial score (nSPS) is 13.1. The van der Waals surface area contributed by atoms with Crippen molar-refractivity contribution in [2.24, 2.45) is 0 Å². The summed E-state index contributed by atoms with van der Waals surface area (Å²) < 4.78 is 16.7. The average molecular weight is 357 g/mol. The van der Waals surface area contributed by atoms with Crippen molar-refractivity contribution in [3.63, 3.8) is 0 Å². The second-order valence-electron chi connectivity index (χ2n) is 6.52. The highest BCUT2D eigenvalue weighted by Gasteiger charge is 2.12. The summed E-state index contributed by atoms with van der Waals surface area (Å²) in [7, 11) is 1.67. The van der Waals surface area contributed by atoms with Gasteiger partial charge in [-0.15, -0.1) is 0 Å². The maximum absolute atomic E-state index is 6.18. The predicted molar refractivity (Wildman–Crippen MR) is 108 cm³/mol. The van der Waals surface area contributed by atoms with Gasteiger partial charge < -0.3 is 19.5 Å². The van der Waals surface area contributed by atoms with Crippen molar-refractivity contribution in [2.75, 3.05) is 32.2 Å². The first-order valence-electron chi connectivity index (χ1n) is 9.35. The smallest absolute Gasteiger partial charge is 0.123 e. The fourth-order valence-corrected chi connectivity index (χ4v) is 2.65. The van der Waals surface area contributed by atoms with Gasteiger partial charge in [0.2, 0.25) is 0 Å². The monoisotopic (exact) mass is 357 g/mol. The van der Waals surface area contributed by atoms with E-state index >= 15 is 0 Å². The number of methoxy groups -OCH3 is 1. The van der Waals surface area contributed by atoms with Crippen molar-refractivity contribution in [2.45, 2.75) is 39.2 Å². The summed E-state index contributed by atoms with van der Waals surface area (Å²) in [4.78, 5) is 0. The zero-order valence-electron chi connectivity index (χ0n) is 16.3. The van der Waals surface area contributed by atoms with Crippen LogP contribution >= 0.6 is 0 Å². The summed E-state index contributed by atoms with van der Waals surface area (Å²) in [5.74, 6) is 2.33. The molecule has 0 saturated heterocycles. The van der Waals surface area contributed by atoms with E-state index in [1.165, 1.54) is 5.56 Å². The first kappa shape index (κ1) is 20.1. The average Bonchev–Trinajstić information content (AvgIpc) is 2.67. The molecule has 0 bridgehead atoms. The molecule has 2 rings (SSSR count). The molecule has 0 spiro atoms. The van der Waals surface area contributed by atoms with Gasteiger partial charge in [-0.25, -0.2) is 0 Å². The van der Waals surface area contributed by atoms with Crippen LogP contribution in [0.2, 0.25) is 0 Å². The lowest BCUT2D eigenvalue weighted by Gasteiger charge is -2.20. The number of anilines is 1. The number of rotatable bonds is 11. The topological polar surface area (TPSA) is 39.7 Å². The van der Waals surface area contributed by atoms with E-state index < -0.39 is 0 Å². The lowest BCUT2D eigenvalue weighted by atomic mass is 9.98. The van der Waals surface area contributed by atoms with Gasteiger partial charge in [-0.3, -0.25) is 0 Å². The van der Waals surface area contributed by atoms with Crippen molar-refractivity contribution < 1.29 is 14.2 Å². The SMILES string of the molecule is CCC(C)c1ccccc1OC(C)CNc1ccc(OCCOC)cc1. The third kappa shape index (κ3) is 6.26. The molecule has 2 aromatic carbocycles. The fourth-order valence-electron chi connectivity index (χ4n) is 2.65. The molecule has 142 valence electrons. The van der Waals surface area contributed by atoms with Gasteiger partial charge in [0, 0.05) is 12.8 Å². The molecule has 26 heavy (non-hydrogen) atoms. The Labute approximate surface area is 157 Å². The van der Waals surface area contributed by atoms with E-state index in [4.69, 9.17) is 14.2 Å². The second-order valence-corrected chi connectivity index (χ2v) is 6.52. The quantitative estimate of drug-likeness (QED) is 0.568. The number of para-hydroxylation sites is 1. The third-order valence-corrected chi connectivity index (χ3v) is 4.39. The molecule has 4 nitrogen and oxygen atoms in total. The van der Waals surface area contributed by atoms with Crippen LogP contribution in [-0.2, 0) is 4.74 Å². The number of nitrogens with one attached hydrogen (secondary N) is 1. The largest absolute Gasteiger partial charge is 0.491 e. The molecule has 0 heterocycles. The number of hydrogen-bond donors (Lipinski definition) is 1. The van der Waals surface area contributed by atoms with E-state index in [0.29, 0.717) is 19.1 Å². The first-order chi connectivity index (χ1) is 12.6. The fraction of sp³-hybridized carbons (Fsp3) is 0.455. The summed E-state index contributed by atoms with van der Waals surface area (Å²) in [6.07, 6.45) is 1.17. The number of hydrogen-bond acceptors (Lipinski definition) is 4. The van der Waals surface area contributed by atoms with Crippen LogP contribution in [0.1, 0.15) is 38.7 Å². The van der Waals surface area contributed by atoms with Crippen LogP contribution in [0.15, 0.2) is 48.5 Å². The molecule has 2 unspecified atom stereocenters. The van der Waals surface area contributed by atoms with Gasteiger partial charge >= 0.3 is 0 Å². The molecule has 1 N–H and O–H groups in total. The van der Waals surface area contributed by atoms with E-state index in [1.807, 2.05) is 30.3 Å². The molecule has 2 atom stereocenters. The Hall–Kier alpha value is -2.20. The van der Waals surface area contributed by atoms with Crippen LogP contribution in [0.3, 0.4) is 0 Å². The first-order valence-corrected chi connectivity index (χ1v) is 9.35. The van der Waals surface area contributed by atoms with Crippen LogP contribution in [0, 0.1) is 0 Å². The maximum Gasteiger partial charge on any atom is 0.123 e. The molecule has 0 aliphatic rings. The molecule has 2 aromatic rings. The van der Waals surface area contributed by atoms with Gasteiger partial charge in [0.1, 0.15) is 24.2 Å². The van der Waals surface area contributed by atoms with Crippen LogP contribution < -0.4 is 14.8 Å². The molecule has 0 fully saturated rings. The highest BCUT2D eigenvalue weighted by Crippen LogP contribution is 2.29. The molecule has 0 aromatic heterocycles. The minimum Gasteiger partial charge on any atom is -0.491 e. The van der Waals surface area contributed by atoms with E-state index in [2.05, 4.69) is 44.3 Å². The Balaban J connectivity index is 1.84. The van der Waals surface area contributed by atoms with E-state index in [0.717, 1.165) is 30.2 Å². The lowest BCUT2D eigenvalue weighted by Crippen LogP contribution is -2.23. The Kier molecular flexibility index (Phi) is 8.29. The van der Waals surface area contributed by atoms with Crippen molar-refractivity contribution in [1.29, 1.82) is 0 Å². The predicted octanol–water partition coefficient (Wildman–Crippen LogP) is 5.10. The molecule has 0 aliphatic carbocycles. The van der Waals surface area contributed by atoms with Gasteiger partial charge in [0.05, 0.1) is 13.2 Å². The van der Waals surface area contributed by atoms with Crippen LogP contribution in [0.4, 0.5) is 5.69 Å². The third-order valence-electron chi connectivity index (χ3n) is 4.39. The molecular formula is C22H31NO3. The summed E-state index contributed by atoms with van der Waals surface area (Å²) in [5.41, 5.74) is 2.33. The molecular weight excluding hydrogens is 326 g/mol. The Bertz CT molecular complexity index is 642. The van der Waals surface area contributed by atoms with Crippen LogP contribution in [-0.4, -0.2) is 33.0 Å². The number of benzene rings is 2.